The lowest BCUT2D eigenvalue weighted by molar-refractivity contribution is -0.147. The second-order valence-electron chi connectivity index (χ2n) is 7.23. The Morgan fingerprint density at radius 3 is 1.71 bits per heavy atom. The van der Waals surface area contributed by atoms with Gasteiger partial charge >= 0.3 is 11.9 Å². The quantitative estimate of drug-likeness (QED) is 0.137. The number of rotatable bonds is 13. The van der Waals surface area contributed by atoms with Crippen molar-refractivity contribution in [1.82, 2.24) is 16.0 Å². The van der Waals surface area contributed by atoms with E-state index in [-0.39, 0.29) is 5.92 Å². The summed E-state index contributed by atoms with van der Waals surface area (Å²) in [6.07, 6.45) is -3.15. The number of nitrogens with two attached hydrogens (primary N) is 2. The van der Waals surface area contributed by atoms with Gasteiger partial charge in [0.25, 0.3) is 0 Å². The van der Waals surface area contributed by atoms with Crippen LogP contribution in [0.15, 0.2) is 0 Å². The first-order valence-corrected chi connectivity index (χ1v) is 9.25. The van der Waals surface area contributed by atoms with E-state index in [1.807, 2.05) is 5.32 Å². The molecule has 0 aliphatic heterocycles. The molecule has 0 aliphatic carbocycles. The number of aliphatic hydroxyl groups excluding tert-OH is 1. The largest absolute Gasteiger partial charge is 0.481 e. The predicted octanol–water partition coefficient (Wildman–Crippen LogP) is -3.76. The molecule has 0 saturated carbocycles. The lowest BCUT2D eigenvalue weighted by Crippen LogP contribution is -2.60. The van der Waals surface area contributed by atoms with Crippen molar-refractivity contribution in [2.24, 2.45) is 17.4 Å². The van der Waals surface area contributed by atoms with Gasteiger partial charge in [0.05, 0.1) is 25.0 Å². The van der Waals surface area contributed by atoms with Crippen molar-refractivity contribution in [3.05, 3.63) is 0 Å². The summed E-state index contributed by atoms with van der Waals surface area (Å²) in [5, 5.41) is 33.8. The van der Waals surface area contributed by atoms with Gasteiger partial charge in [-0.3, -0.25) is 24.0 Å². The van der Waals surface area contributed by atoms with Crippen LogP contribution in [0.5, 0.6) is 0 Å². The zero-order chi connectivity index (χ0) is 24.5. The smallest absolute Gasteiger partial charge is 0.326 e. The number of hydrogen-bond donors (Lipinski definition) is 8. The molecule has 0 radical (unpaired) electrons. The van der Waals surface area contributed by atoms with Crippen LogP contribution in [0.25, 0.3) is 0 Å². The minimum absolute atomic E-state index is 0.284. The van der Waals surface area contributed by atoms with Gasteiger partial charge in [-0.15, -0.1) is 0 Å². The summed E-state index contributed by atoms with van der Waals surface area (Å²) in [6.45, 7) is 4.50. The normalized spacial score (nSPS) is 15.7. The number of aliphatic hydroxyl groups is 1. The Labute approximate surface area is 177 Å². The highest BCUT2D eigenvalue weighted by Crippen LogP contribution is 2.03. The summed E-state index contributed by atoms with van der Waals surface area (Å²) in [4.78, 5) is 70.2. The van der Waals surface area contributed by atoms with E-state index in [1.165, 1.54) is 6.92 Å². The summed E-state index contributed by atoms with van der Waals surface area (Å²) in [5.41, 5.74) is 10.7. The summed E-state index contributed by atoms with van der Waals surface area (Å²) < 4.78 is 0. The van der Waals surface area contributed by atoms with E-state index in [0.29, 0.717) is 0 Å². The van der Waals surface area contributed by atoms with Crippen LogP contribution in [0.2, 0.25) is 0 Å². The third-order valence-corrected chi connectivity index (χ3v) is 4.12. The Morgan fingerprint density at radius 2 is 1.32 bits per heavy atom. The number of carbonyl (C=O) groups is 6. The molecular formula is C17H29N5O9. The van der Waals surface area contributed by atoms with E-state index in [0.717, 1.165) is 0 Å². The number of aliphatic carboxylic acids is 2. The number of carbonyl (C=O) groups excluding carboxylic acids is 4. The molecule has 14 heteroatoms. The van der Waals surface area contributed by atoms with Crippen LogP contribution in [0.1, 0.15) is 33.6 Å². The molecule has 0 bridgehead atoms. The Balaban J connectivity index is 5.49. The van der Waals surface area contributed by atoms with E-state index >= 15 is 0 Å². The molecule has 14 nitrogen and oxygen atoms in total. The first-order chi connectivity index (χ1) is 14.2. The maximum Gasteiger partial charge on any atom is 0.326 e. The summed E-state index contributed by atoms with van der Waals surface area (Å²) in [7, 11) is 0. The minimum Gasteiger partial charge on any atom is -0.481 e. The Hall–Kier alpha value is -3.26. The number of amides is 4. The van der Waals surface area contributed by atoms with Gasteiger partial charge in [-0.1, -0.05) is 13.8 Å². The van der Waals surface area contributed by atoms with E-state index in [9.17, 15) is 33.9 Å². The molecule has 5 unspecified atom stereocenters. The maximum absolute atomic E-state index is 12.5. The van der Waals surface area contributed by atoms with Gasteiger partial charge in [-0.2, -0.15) is 0 Å². The van der Waals surface area contributed by atoms with Crippen LogP contribution in [0, 0.1) is 5.92 Å². The summed E-state index contributed by atoms with van der Waals surface area (Å²) in [6, 6.07) is -6.09. The van der Waals surface area contributed by atoms with Gasteiger partial charge in [-0.25, -0.2) is 4.79 Å². The molecule has 31 heavy (non-hydrogen) atoms. The first-order valence-electron chi connectivity index (χ1n) is 9.25. The highest BCUT2D eigenvalue weighted by atomic mass is 16.4. The van der Waals surface area contributed by atoms with Crippen molar-refractivity contribution in [1.29, 1.82) is 0 Å². The Kier molecular flexibility index (Phi) is 11.1. The highest BCUT2D eigenvalue weighted by Gasteiger charge is 2.33. The highest BCUT2D eigenvalue weighted by molar-refractivity contribution is 5.96. The molecule has 0 aromatic heterocycles. The van der Waals surface area contributed by atoms with Crippen molar-refractivity contribution in [3.63, 3.8) is 0 Å². The number of primary amides is 1. The van der Waals surface area contributed by atoms with Crippen molar-refractivity contribution >= 4 is 35.6 Å². The Morgan fingerprint density at radius 1 is 0.806 bits per heavy atom. The lowest BCUT2D eigenvalue weighted by atomic mass is 10.0. The summed E-state index contributed by atoms with van der Waals surface area (Å²) >= 11 is 0. The monoisotopic (exact) mass is 447 g/mol. The van der Waals surface area contributed by atoms with E-state index < -0.39 is 78.7 Å². The van der Waals surface area contributed by atoms with E-state index in [4.69, 9.17) is 21.7 Å². The van der Waals surface area contributed by atoms with Crippen molar-refractivity contribution in [3.8, 4) is 0 Å². The van der Waals surface area contributed by atoms with Crippen molar-refractivity contribution in [2.45, 2.75) is 63.9 Å². The standard InChI is InChI=1S/C17H29N5O9/c1-6(2)12(19)15(28)22-13(7(3)23)16(29)20-8(4-10(18)24)14(27)21-9(17(30)31)5-11(25)26/h6-9,12-13,23H,4-5,19H2,1-3H3,(H2,18,24)(H,20,29)(H,21,27)(H,22,28)(H,25,26)(H,30,31). The van der Waals surface area contributed by atoms with E-state index in [1.54, 1.807) is 13.8 Å². The Bertz CT molecular complexity index is 710. The number of carboxylic acids is 2. The van der Waals surface area contributed by atoms with Crippen LogP contribution < -0.4 is 27.4 Å². The second-order valence-corrected chi connectivity index (χ2v) is 7.23. The number of hydrogen-bond acceptors (Lipinski definition) is 8. The zero-order valence-electron chi connectivity index (χ0n) is 17.3. The number of nitrogens with one attached hydrogen (secondary N) is 3. The molecule has 0 aliphatic rings. The van der Waals surface area contributed by atoms with Crippen LogP contribution in [-0.4, -0.2) is 81.2 Å². The minimum atomic E-state index is -1.84. The molecule has 176 valence electrons. The molecular weight excluding hydrogens is 418 g/mol. The van der Waals surface area contributed by atoms with Crippen molar-refractivity contribution in [2.75, 3.05) is 0 Å². The van der Waals surface area contributed by atoms with Crippen molar-refractivity contribution < 1.29 is 44.1 Å². The second kappa shape index (κ2) is 12.4. The first kappa shape index (κ1) is 27.7. The van der Waals surface area contributed by atoms with Gasteiger partial charge in [0.15, 0.2) is 0 Å². The van der Waals surface area contributed by atoms with Gasteiger partial charge in [0.1, 0.15) is 18.1 Å². The molecule has 0 rings (SSSR count). The number of carboxylic acid groups (broad SMARTS) is 2. The maximum atomic E-state index is 12.5. The van der Waals surface area contributed by atoms with Crippen LogP contribution in [0.3, 0.4) is 0 Å². The van der Waals surface area contributed by atoms with Gasteiger partial charge in [0.2, 0.25) is 23.6 Å². The fraction of sp³-hybridized carbons (Fsp3) is 0.647. The average molecular weight is 447 g/mol. The molecule has 10 N–H and O–H groups in total. The van der Waals surface area contributed by atoms with Crippen LogP contribution in [0.4, 0.5) is 0 Å². The van der Waals surface area contributed by atoms with Crippen LogP contribution in [-0.2, 0) is 28.8 Å². The van der Waals surface area contributed by atoms with Crippen LogP contribution >= 0.6 is 0 Å². The molecule has 0 fully saturated rings. The molecule has 0 heterocycles. The van der Waals surface area contributed by atoms with Gasteiger partial charge in [0, 0.05) is 0 Å². The molecule has 0 spiro atoms. The van der Waals surface area contributed by atoms with Gasteiger partial charge < -0.3 is 42.7 Å². The predicted molar refractivity (Wildman–Crippen MR) is 104 cm³/mol. The third kappa shape index (κ3) is 9.86. The van der Waals surface area contributed by atoms with E-state index in [2.05, 4.69) is 10.6 Å². The van der Waals surface area contributed by atoms with Gasteiger partial charge in [-0.05, 0) is 12.8 Å². The zero-order valence-corrected chi connectivity index (χ0v) is 17.3. The SMILES string of the molecule is CC(C)C(N)C(=O)NC(C(=O)NC(CC(N)=O)C(=O)NC(CC(=O)O)C(=O)O)C(C)O. The molecule has 0 aromatic carbocycles. The molecule has 4 amide bonds. The fourth-order valence-corrected chi connectivity index (χ4v) is 2.28. The third-order valence-electron chi connectivity index (χ3n) is 4.12. The lowest BCUT2D eigenvalue weighted by Gasteiger charge is -2.26. The molecule has 0 saturated heterocycles. The molecule has 0 aromatic rings. The topological polar surface area (TPSA) is 251 Å². The average Bonchev–Trinajstić information content (AvgIpc) is 2.62. The fourth-order valence-electron chi connectivity index (χ4n) is 2.28. The molecule has 5 atom stereocenters. The summed E-state index contributed by atoms with van der Waals surface area (Å²) in [5.74, 6) is -7.52.